The number of rotatable bonds is 10. The van der Waals surface area contributed by atoms with Gasteiger partial charge in [-0.05, 0) is 65.2 Å². The van der Waals surface area contributed by atoms with Crippen molar-refractivity contribution in [2.75, 3.05) is 25.2 Å². The number of nitrogens with one attached hydrogen (secondary N) is 1. The van der Waals surface area contributed by atoms with Gasteiger partial charge in [0.1, 0.15) is 35.9 Å². The molecule has 14 heteroatoms. The fourth-order valence-corrected chi connectivity index (χ4v) is 5.03. The van der Waals surface area contributed by atoms with Crippen molar-refractivity contribution >= 4 is 28.5 Å². The summed E-state index contributed by atoms with van der Waals surface area (Å²) in [7, 11) is 1.51. The van der Waals surface area contributed by atoms with Crippen LogP contribution < -0.4 is 15.0 Å². The zero-order valence-electron chi connectivity index (χ0n) is 22.8. The van der Waals surface area contributed by atoms with E-state index >= 15 is 0 Å². The Kier molecular flexibility index (Phi) is 7.76. The highest BCUT2D eigenvalue weighted by molar-refractivity contribution is 6.01. The largest absolute Gasteiger partial charge is 0.494 e. The third kappa shape index (κ3) is 5.51. The number of anilines is 1. The number of aromatic nitrogens is 8. The monoisotopic (exact) mass is 568 g/mol. The minimum absolute atomic E-state index is 0.0756. The zero-order chi connectivity index (χ0) is 28.9. The molecule has 0 spiro atoms. The van der Waals surface area contributed by atoms with Crippen molar-refractivity contribution in [2.24, 2.45) is 0 Å². The molecule has 0 aliphatic carbocycles. The number of nitrogens with zero attached hydrogens (tertiary/aromatic N) is 9. The predicted octanol–water partition coefficient (Wildman–Crippen LogP) is 1.88. The van der Waals surface area contributed by atoms with E-state index in [-0.39, 0.29) is 18.6 Å². The molecule has 2 unspecified atom stereocenters. The SMILES string of the molecule is COc1cc(N(C(=O)Cn2nnc3ccccc32)C(C(=O)NCC2CCCO2)c2ccncc2)ccc1-n1cnnn1. The molecule has 1 aliphatic rings. The maximum atomic E-state index is 14.3. The van der Waals surface area contributed by atoms with Crippen LogP contribution in [0.4, 0.5) is 5.69 Å². The summed E-state index contributed by atoms with van der Waals surface area (Å²) < 4.78 is 14.3. The lowest BCUT2D eigenvalue weighted by atomic mass is 10.0. The number of pyridine rings is 1. The van der Waals surface area contributed by atoms with E-state index in [1.54, 1.807) is 42.7 Å². The van der Waals surface area contributed by atoms with Crippen molar-refractivity contribution in [3.63, 3.8) is 0 Å². The third-order valence-electron chi connectivity index (χ3n) is 7.07. The number of benzene rings is 2. The molecule has 1 fully saturated rings. The van der Waals surface area contributed by atoms with Gasteiger partial charge in [-0.2, -0.15) is 4.68 Å². The number of hydrogen-bond acceptors (Lipinski definition) is 10. The average Bonchev–Trinajstić information content (AvgIpc) is 3.82. The molecule has 0 radical (unpaired) electrons. The molecule has 42 heavy (non-hydrogen) atoms. The van der Waals surface area contributed by atoms with Crippen molar-refractivity contribution in [1.82, 2.24) is 45.5 Å². The topological polar surface area (TPSA) is 155 Å². The number of carbonyl (C=O) groups is 2. The Morgan fingerprint density at radius 3 is 2.76 bits per heavy atom. The van der Waals surface area contributed by atoms with Crippen molar-refractivity contribution < 1.29 is 19.1 Å². The molecule has 2 atom stereocenters. The number of carbonyl (C=O) groups excluding carboxylic acids is 2. The summed E-state index contributed by atoms with van der Waals surface area (Å²) in [6.07, 6.45) is 6.34. The summed E-state index contributed by atoms with van der Waals surface area (Å²) in [5, 5.41) is 22.7. The summed E-state index contributed by atoms with van der Waals surface area (Å²) >= 11 is 0. The van der Waals surface area contributed by atoms with Crippen LogP contribution in [0.25, 0.3) is 16.7 Å². The van der Waals surface area contributed by atoms with Crippen molar-refractivity contribution in [3.05, 3.63) is 78.9 Å². The van der Waals surface area contributed by atoms with Gasteiger partial charge < -0.3 is 14.8 Å². The van der Waals surface area contributed by atoms with Crippen LogP contribution in [0.2, 0.25) is 0 Å². The fraction of sp³-hybridized carbons (Fsp3) is 0.286. The Bertz CT molecular complexity index is 1670. The van der Waals surface area contributed by atoms with E-state index in [4.69, 9.17) is 9.47 Å². The van der Waals surface area contributed by atoms with Gasteiger partial charge in [0.25, 0.3) is 0 Å². The maximum Gasteiger partial charge on any atom is 0.249 e. The molecular formula is C28H28N10O4. The van der Waals surface area contributed by atoms with Crippen LogP contribution in [0.3, 0.4) is 0 Å². The van der Waals surface area contributed by atoms with Crippen molar-refractivity contribution in [2.45, 2.75) is 31.5 Å². The van der Waals surface area contributed by atoms with Crippen LogP contribution in [-0.4, -0.2) is 78.4 Å². The van der Waals surface area contributed by atoms with E-state index in [2.05, 4.69) is 36.1 Å². The lowest BCUT2D eigenvalue weighted by Crippen LogP contribution is -2.46. The number of hydrogen-bond donors (Lipinski definition) is 1. The molecule has 6 rings (SSSR count). The first-order valence-corrected chi connectivity index (χ1v) is 13.4. The van der Waals surface area contributed by atoms with Gasteiger partial charge in [0, 0.05) is 37.3 Å². The first-order valence-electron chi connectivity index (χ1n) is 13.4. The standard InChI is InChI=1S/C28H28N10O4/c1-41-25-15-20(8-9-24(25)37-18-31-33-35-37)38(26(39)17-36-23-7-3-2-6-22(23)32-34-36)27(19-10-12-29-13-11-19)28(40)30-16-21-5-4-14-42-21/h2-3,6-13,15,18,21,27H,4-5,14,16-17H2,1H3,(H,30,40). The molecule has 2 aromatic carbocycles. The van der Waals surface area contributed by atoms with Crippen LogP contribution in [-0.2, 0) is 20.9 Å². The maximum absolute atomic E-state index is 14.3. The molecule has 2 amide bonds. The molecule has 0 bridgehead atoms. The van der Waals surface area contributed by atoms with Crippen LogP contribution >= 0.6 is 0 Å². The van der Waals surface area contributed by atoms with Gasteiger partial charge in [0.2, 0.25) is 11.8 Å². The highest BCUT2D eigenvalue weighted by Gasteiger charge is 2.34. The predicted molar refractivity (Wildman–Crippen MR) is 150 cm³/mol. The average molecular weight is 569 g/mol. The van der Waals surface area contributed by atoms with Gasteiger partial charge in [-0.15, -0.1) is 10.2 Å². The lowest BCUT2D eigenvalue weighted by molar-refractivity contribution is -0.127. The smallest absolute Gasteiger partial charge is 0.249 e. The lowest BCUT2D eigenvalue weighted by Gasteiger charge is -2.32. The van der Waals surface area contributed by atoms with Crippen LogP contribution in [0.5, 0.6) is 5.75 Å². The number of fused-ring (bicyclic) bond motifs is 1. The number of tetrazole rings is 1. The van der Waals surface area contributed by atoms with Gasteiger partial charge >= 0.3 is 0 Å². The van der Waals surface area contributed by atoms with Crippen LogP contribution in [0.1, 0.15) is 24.4 Å². The third-order valence-corrected chi connectivity index (χ3v) is 7.07. The molecule has 5 aromatic rings. The molecule has 1 aliphatic heterocycles. The highest BCUT2D eigenvalue weighted by Crippen LogP contribution is 2.34. The molecule has 1 N–H and O–H groups in total. The highest BCUT2D eigenvalue weighted by atomic mass is 16.5. The van der Waals surface area contributed by atoms with Gasteiger partial charge in [0.15, 0.2) is 0 Å². The van der Waals surface area contributed by atoms with Crippen LogP contribution in [0, 0.1) is 0 Å². The van der Waals surface area contributed by atoms with Crippen molar-refractivity contribution in [3.8, 4) is 11.4 Å². The molecule has 14 nitrogen and oxygen atoms in total. The van der Waals surface area contributed by atoms with Crippen LogP contribution in [0.15, 0.2) is 73.3 Å². The van der Waals surface area contributed by atoms with Gasteiger partial charge in [0.05, 0.1) is 18.7 Å². The molecule has 4 heterocycles. The van der Waals surface area contributed by atoms with Gasteiger partial charge in [-0.3, -0.25) is 19.5 Å². The second-order valence-electron chi connectivity index (χ2n) is 9.67. The second-order valence-corrected chi connectivity index (χ2v) is 9.67. The number of para-hydroxylation sites is 1. The summed E-state index contributed by atoms with van der Waals surface area (Å²) in [6, 6.07) is 14.9. The summed E-state index contributed by atoms with van der Waals surface area (Å²) in [6.45, 7) is 0.828. The summed E-state index contributed by atoms with van der Waals surface area (Å²) in [5.74, 6) is -0.356. The number of methoxy groups -OCH3 is 1. The number of ether oxygens (including phenoxy) is 2. The molecule has 3 aromatic heterocycles. The van der Waals surface area contributed by atoms with E-state index in [0.29, 0.717) is 46.9 Å². The van der Waals surface area contributed by atoms with E-state index in [1.165, 1.54) is 27.7 Å². The minimum atomic E-state index is -1.04. The quantitative estimate of drug-likeness (QED) is 0.264. The van der Waals surface area contributed by atoms with Gasteiger partial charge in [-0.25, -0.2) is 4.68 Å². The fourth-order valence-electron chi connectivity index (χ4n) is 5.03. The second kappa shape index (κ2) is 12.1. The molecular weight excluding hydrogens is 540 g/mol. The van der Waals surface area contributed by atoms with Crippen molar-refractivity contribution in [1.29, 1.82) is 0 Å². The Labute approximate surface area is 240 Å². The normalized spacial score (nSPS) is 15.4. The number of amides is 2. The Balaban J connectivity index is 1.42. The van der Waals surface area contributed by atoms with Gasteiger partial charge in [-0.1, -0.05) is 17.3 Å². The van der Waals surface area contributed by atoms with E-state index in [1.807, 2.05) is 24.3 Å². The Hall–Kier alpha value is -5.24. The minimum Gasteiger partial charge on any atom is -0.494 e. The summed E-state index contributed by atoms with van der Waals surface area (Å²) in [4.78, 5) is 33.8. The molecule has 1 saturated heterocycles. The Morgan fingerprint density at radius 2 is 2.00 bits per heavy atom. The van der Waals surface area contributed by atoms with E-state index < -0.39 is 11.9 Å². The van der Waals surface area contributed by atoms with E-state index in [0.717, 1.165) is 12.8 Å². The molecule has 214 valence electrons. The Morgan fingerprint density at radius 1 is 1.14 bits per heavy atom. The molecule has 0 saturated carbocycles. The first kappa shape index (κ1) is 27.0. The zero-order valence-corrected chi connectivity index (χ0v) is 22.8. The summed E-state index contributed by atoms with van der Waals surface area (Å²) in [5.41, 5.74) is 2.91. The first-order chi connectivity index (χ1) is 20.6. The van der Waals surface area contributed by atoms with E-state index in [9.17, 15) is 9.59 Å².